The molecule has 1 aromatic heterocycles. The first-order valence-electron chi connectivity index (χ1n) is 8.70. The molecule has 3 N–H and O–H groups in total. The van der Waals surface area contributed by atoms with E-state index in [2.05, 4.69) is 23.2 Å². The Morgan fingerprint density at radius 3 is 3.00 bits per heavy atom. The van der Waals surface area contributed by atoms with E-state index >= 15 is 0 Å². The van der Waals surface area contributed by atoms with Crippen molar-refractivity contribution >= 4 is 0 Å². The number of benzene rings is 1. The lowest BCUT2D eigenvalue weighted by Crippen LogP contribution is -2.43. The topological polar surface area (TPSA) is 68.9 Å². The fourth-order valence-electron chi connectivity index (χ4n) is 5.86. The third-order valence-corrected chi connectivity index (χ3v) is 6.97. The van der Waals surface area contributed by atoms with E-state index in [1.165, 1.54) is 29.7 Å². The molecule has 120 valence electrons. The molecule has 0 bridgehead atoms. The third-order valence-electron chi connectivity index (χ3n) is 6.97. The standard InChI is InChI=1S/C19H22N2O2/c1-19-7-6-13-12-5-3-11(22)8-10(12)2-4-14(13)16(19)9-15-17(19)20-21-18(15)23/h3,5,8,13-14,16,22H,2,4,6-7,9H2,1H3,(H2,20,21,23)/t13-,14-,16+,19+/m1/s1. The van der Waals surface area contributed by atoms with Crippen molar-refractivity contribution in [3.63, 3.8) is 0 Å². The van der Waals surface area contributed by atoms with Crippen molar-refractivity contribution in [1.29, 1.82) is 0 Å². The van der Waals surface area contributed by atoms with Gasteiger partial charge in [-0.05, 0) is 73.1 Å². The molecule has 1 fully saturated rings. The first kappa shape index (κ1) is 13.5. The molecular formula is C19H22N2O2. The Morgan fingerprint density at radius 2 is 2.13 bits per heavy atom. The number of nitrogens with one attached hydrogen (secondary N) is 2. The summed E-state index contributed by atoms with van der Waals surface area (Å²) in [5.41, 5.74) is 5.12. The molecule has 4 heteroatoms. The van der Waals surface area contributed by atoms with Gasteiger partial charge in [0, 0.05) is 16.7 Å². The molecule has 0 amide bonds. The number of aryl methyl sites for hydroxylation is 1. The molecule has 2 aromatic rings. The second-order valence-electron chi connectivity index (χ2n) is 7.89. The summed E-state index contributed by atoms with van der Waals surface area (Å²) in [5, 5.41) is 15.7. The number of phenolic OH excluding ortho intramolecular Hbond substituents is 1. The molecule has 3 aliphatic rings. The summed E-state index contributed by atoms with van der Waals surface area (Å²) in [6.45, 7) is 2.34. The lowest BCUT2D eigenvalue weighted by Gasteiger charge is -2.49. The maximum absolute atomic E-state index is 12.1. The first-order chi connectivity index (χ1) is 11.1. The molecule has 1 aromatic carbocycles. The number of aromatic nitrogens is 2. The number of rotatable bonds is 0. The van der Waals surface area contributed by atoms with Crippen LogP contribution in [-0.4, -0.2) is 15.3 Å². The van der Waals surface area contributed by atoms with Crippen LogP contribution in [0.4, 0.5) is 0 Å². The van der Waals surface area contributed by atoms with Crippen LogP contribution in [0.3, 0.4) is 0 Å². The summed E-state index contributed by atoms with van der Waals surface area (Å²) in [4.78, 5) is 12.1. The Bertz CT molecular complexity index is 849. The highest BCUT2D eigenvalue weighted by Gasteiger charge is 2.54. The summed E-state index contributed by atoms with van der Waals surface area (Å²) in [6.07, 6.45) is 5.42. The lowest BCUT2D eigenvalue weighted by atomic mass is 9.55. The molecule has 0 radical (unpaired) electrons. The van der Waals surface area contributed by atoms with E-state index in [1.807, 2.05) is 12.1 Å². The van der Waals surface area contributed by atoms with Gasteiger partial charge in [-0.2, -0.15) is 0 Å². The summed E-state index contributed by atoms with van der Waals surface area (Å²) >= 11 is 0. The highest BCUT2D eigenvalue weighted by atomic mass is 16.3. The number of H-pyrrole nitrogens is 2. The van der Waals surface area contributed by atoms with Gasteiger partial charge in [0.15, 0.2) is 0 Å². The SMILES string of the molecule is C[C@]12CC[C@@H]3c4ccc(O)cc4CC[C@H]3[C@@H]1Cc1c2[nH][nH]c1=O. The van der Waals surface area contributed by atoms with Crippen molar-refractivity contribution in [2.75, 3.05) is 0 Å². The lowest BCUT2D eigenvalue weighted by molar-refractivity contribution is 0.103. The van der Waals surface area contributed by atoms with Gasteiger partial charge >= 0.3 is 0 Å². The van der Waals surface area contributed by atoms with E-state index in [1.54, 1.807) is 0 Å². The van der Waals surface area contributed by atoms with Crippen LogP contribution in [0.5, 0.6) is 5.75 Å². The maximum atomic E-state index is 12.1. The zero-order valence-electron chi connectivity index (χ0n) is 13.4. The van der Waals surface area contributed by atoms with Gasteiger partial charge in [-0.3, -0.25) is 9.89 Å². The maximum Gasteiger partial charge on any atom is 0.267 e. The number of hydrogen-bond acceptors (Lipinski definition) is 2. The average Bonchev–Trinajstić information content (AvgIpc) is 3.05. The van der Waals surface area contributed by atoms with Crippen LogP contribution in [0.25, 0.3) is 0 Å². The number of aromatic hydroxyl groups is 1. The Morgan fingerprint density at radius 1 is 1.26 bits per heavy atom. The largest absolute Gasteiger partial charge is 0.508 e. The second kappa shape index (κ2) is 4.31. The van der Waals surface area contributed by atoms with Crippen LogP contribution >= 0.6 is 0 Å². The monoisotopic (exact) mass is 310 g/mol. The minimum atomic E-state index is 0.0771. The zero-order chi connectivity index (χ0) is 15.8. The van der Waals surface area contributed by atoms with Gasteiger partial charge in [-0.1, -0.05) is 13.0 Å². The molecule has 5 rings (SSSR count). The number of hydrogen-bond donors (Lipinski definition) is 3. The number of aromatic amines is 2. The van der Waals surface area contributed by atoms with Gasteiger partial charge < -0.3 is 10.2 Å². The molecule has 0 spiro atoms. The molecule has 23 heavy (non-hydrogen) atoms. The Balaban J connectivity index is 1.58. The number of phenols is 1. The van der Waals surface area contributed by atoms with E-state index in [4.69, 9.17) is 0 Å². The molecule has 3 aliphatic carbocycles. The van der Waals surface area contributed by atoms with E-state index in [0.29, 0.717) is 23.5 Å². The van der Waals surface area contributed by atoms with Crippen molar-refractivity contribution in [3.8, 4) is 5.75 Å². The van der Waals surface area contributed by atoms with Crippen LogP contribution in [0, 0.1) is 11.8 Å². The van der Waals surface area contributed by atoms with Gasteiger partial charge in [0.25, 0.3) is 5.56 Å². The highest BCUT2D eigenvalue weighted by Crippen LogP contribution is 2.59. The number of fused-ring (bicyclic) bond motifs is 7. The molecule has 4 nitrogen and oxygen atoms in total. The fraction of sp³-hybridized carbons (Fsp3) is 0.526. The molecule has 0 saturated heterocycles. The molecule has 0 aliphatic heterocycles. The predicted octanol–water partition coefficient (Wildman–Crippen LogP) is 2.98. The van der Waals surface area contributed by atoms with Crippen molar-refractivity contribution in [2.24, 2.45) is 11.8 Å². The minimum Gasteiger partial charge on any atom is -0.508 e. The Hall–Kier alpha value is -1.97. The summed E-state index contributed by atoms with van der Waals surface area (Å²) in [7, 11) is 0. The van der Waals surface area contributed by atoms with Crippen LogP contribution in [0.15, 0.2) is 23.0 Å². The highest BCUT2D eigenvalue weighted by molar-refractivity contribution is 5.42. The van der Waals surface area contributed by atoms with E-state index in [0.717, 1.165) is 24.8 Å². The van der Waals surface area contributed by atoms with Crippen molar-refractivity contribution < 1.29 is 5.11 Å². The van der Waals surface area contributed by atoms with Crippen LogP contribution < -0.4 is 5.56 Å². The predicted molar refractivity (Wildman–Crippen MR) is 87.9 cm³/mol. The van der Waals surface area contributed by atoms with Gasteiger partial charge in [0.2, 0.25) is 0 Å². The minimum absolute atomic E-state index is 0.0771. The van der Waals surface area contributed by atoms with Gasteiger partial charge in [0.05, 0.1) is 0 Å². The molecule has 0 unspecified atom stereocenters. The quantitative estimate of drug-likeness (QED) is 0.700. The van der Waals surface area contributed by atoms with Gasteiger partial charge in [-0.25, -0.2) is 0 Å². The third kappa shape index (κ3) is 1.64. The van der Waals surface area contributed by atoms with Crippen LogP contribution in [0.2, 0.25) is 0 Å². The second-order valence-corrected chi connectivity index (χ2v) is 7.89. The summed E-state index contributed by atoms with van der Waals surface area (Å²) < 4.78 is 0. The molecule has 1 saturated carbocycles. The Kier molecular flexibility index (Phi) is 2.52. The van der Waals surface area contributed by atoms with E-state index in [-0.39, 0.29) is 11.0 Å². The zero-order valence-corrected chi connectivity index (χ0v) is 13.4. The smallest absolute Gasteiger partial charge is 0.267 e. The van der Waals surface area contributed by atoms with Crippen molar-refractivity contribution in [2.45, 2.75) is 50.4 Å². The molecule has 1 heterocycles. The fourth-order valence-corrected chi connectivity index (χ4v) is 5.86. The van der Waals surface area contributed by atoms with Crippen LogP contribution in [-0.2, 0) is 18.3 Å². The van der Waals surface area contributed by atoms with E-state index in [9.17, 15) is 9.90 Å². The van der Waals surface area contributed by atoms with E-state index < -0.39 is 0 Å². The summed E-state index contributed by atoms with van der Waals surface area (Å²) in [5.74, 6) is 2.17. The normalized spacial score (nSPS) is 34.4. The Labute approximate surface area is 134 Å². The van der Waals surface area contributed by atoms with Crippen molar-refractivity contribution in [3.05, 3.63) is 50.9 Å². The molecular weight excluding hydrogens is 288 g/mol. The van der Waals surface area contributed by atoms with Gasteiger partial charge in [-0.15, -0.1) is 0 Å². The average molecular weight is 310 g/mol. The summed E-state index contributed by atoms with van der Waals surface area (Å²) in [6, 6.07) is 5.91. The van der Waals surface area contributed by atoms with Gasteiger partial charge in [0.1, 0.15) is 5.75 Å². The first-order valence-corrected chi connectivity index (χ1v) is 8.70. The van der Waals surface area contributed by atoms with Crippen LogP contribution in [0.1, 0.15) is 54.5 Å². The molecule has 4 atom stereocenters. The van der Waals surface area contributed by atoms with Crippen molar-refractivity contribution in [1.82, 2.24) is 10.2 Å².